The molecule has 3 unspecified atom stereocenters. The Morgan fingerprint density at radius 1 is 1.52 bits per heavy atom. The molecule has 1 saturated heterocycles. The lowest BCUT2D eigenvalue weighted by Crippen LogP contribution is -2.34. The lowest BCUT2D eigenvalue weighted by atomic mass is 10.1. The molecule has 1 aliphatic heterocycles. The number of nitrogens with one attached hydrogen (secondary N) is 1. The van der Waals surface area contributed by atoms with Crippen LogP contribution in [0.4, 0.5) is 0 Å². The first-order chi connectivity index (χ1) is 10.9. The van der Waals surface area contributed by atoms with Gasteiger partial charge in [0.2, 0.25) is 0 Å². The highest BCUT2D eigenvalue weighted by Gasteiger charge is 2.34. The summed E-state index contributed by atoms with van der Waals surface area (Å²) in [6.45, 7) is 3.36. The number of ether oxygens (including phenoxy) is 1. The van der Waals surface area contributed by atoms with Gasteiger partial charge in [-0.25, -0.2) is 4.79 Å². The summed E-state index contributed by atoms with van der Waals surface area (Å²) in [5, 5.41) is 9.91. The number of rotatable bonds is 6. The lowest BCUT2D eigenvalue weighted by Gasteiger charge is -2.15. The third-order valence-corrected chi connectivity index (χ3v) is 3.89. The summed E-state index contributed by atoms with van der Waals surface area (Å²) in [6.07, 6.45) is 5.02. The summed E-state index contributed by atoms with van der Waals surface area (Å²) in [6, 6.07) is 0. The standard InChI is InChI=1S/C16H22N2O5/c1-3-13-12(20)8-14(23-13)18-9-11(15(21)17-16(18)22)7-5-4-6-10(2)19/h4,6,9,12-14,20H,3,5,7-8H2,1-2H3,(H,17,21,22)/b6-4+. The molecule has 0 aromatic carbocycles. The van der Waals surface area contributed by atoms with E-state index in [0.29, 0.717) is 31.2 Å². The van der Waals surface area contributed by atoms with Crippen LogP contribution >= 0.6 is 0 Å². The van der Waals surface area contributed by atoms with Gasteiger partial charge in [0.15, 0.2) is 5.78 Å². The number of hydrogen-bond acceptors (Lipinski definition) is 5. The molecule has 0 saturated carbocycles. The molecule has 0 spiro atoms. The van der Waals surface area contributed by atoms with Gasteiger partial charge in [-0.1, -0.05) is 13.0 Å². The first-order valence-corrected chi connectivity index (χ1v) is 7.77. The average molecular weight is 322 g/mol. The smallest absolute Gasteiger partial charge is 0.330 e. The molecule has 1 aliphatic rings. The van der Waals surface area contributed by atoms with Gasteiger partial charge in [0.25, 0.3) is 5.56 Å². The van der Waals surface area contributed by atoms with Crippen LogP contribution in [0, 0.1) is 0 Å². The Hall–Kier alpha value is -1.99. The van der Waals surface area contributed by atoms with E-state index >= 15 is 0 Å². The largest absolute Gasteiger partial charge is 0.390 e. The Labute approximate surface area is 133 Å². The fourth-order valence-electron chi connectivity index (χ4n) is 2.66. The van der Waals surface area contributed by atoms with Crippen molar-refractivity contribution in [2.75, 3.05) is 0 Å². The van der Waals surface area contributed by atoms with Crippen LogP contribution in [0.25, 0.3) is 0 Å². The predicted molar refractivity (Wildman–Crippen MR) is 84.3 cm³/mol. The van der Waals surface area contributed by atoms with E-state index in [-0.39, 0.29) is 11.9 Å². The molecular formula is C16H22N2O5. The van der Waals surface area contributed by atoms with Crippen molar-refractivity contribution < 1.29 is 14.6 Å². The first kappa shape index (κ1) is 17.4. The van der Waals surface area contributed by atoms with Crippen LogP contribution in [0.5, 0.6) is 0 Å². The number of H-pyrrole nitrogens is 1. The molecule has 7 heteroatoms. The molecule has 0 aliphatic carbocycles. The minimum absolute atomic E-state index is 0.0529. The lowest BCUT2D eigenvalue weighted by molar-refractivity contribution is -0.112. The number of hydrogen-bond donors (Lipinski definition) is 2. The molecule has 0 amide bonds. The van der Waals surface area contributed by atoms with Crippen LogP contribution in [0.2, 0.25) is 0 Å². The maximum absolute atomic E-state index is 12.0. The first-order valence-electron chi connectivity index (χ1n) is 7.77. The normalized spacial score (nSPS) is 24.4. The summed E-state index contributed by atoms with van der Waals surface area (Å²) in [7, 11) is 0. The van der Waals surface area contributed by atoms with Gasteiger partial charge in [-0.2, -0.15) is 0 Å². The van der Waals surface area contributed by atoms with Crippen molar-refractivity contribution in [2.45, 2.75) is 58.0 Å². The monoisotopic (exact) mass is 322 g/mol. The number of carbonyl (C=O) groups excluding carboxylic acids is 1. The maximum atomic E-state index is 12.0. The highest BCUT2D eigenvalue weighted by Crippen LogP contribution is 2.29. The second kappa shape index (κ2) is 7.52. The maximum Gasteiger partial charge on any atom is 0.330 e. The fraction of sp³-hybridized carbons (Fsp3) is 0.562. The quantitative estimate of drug-likeness (QED) is 0.750. The topological polar surface area (TPSA) is 101 Å². The molecule has 126 valence electrons. The SMILES string of the molecule is CCC1OC(n2cc(CC/C=C/C(C)=O)c(=O)[nH]c2=O)CC1O. The van der Waals surface area contributed by atoms with E-state index in [0.717, 1.165) is 0 Å². The van der Waals surface area contributed by atoms with Crippen LogP contribution in [-0.4, -0.2) is 32.6 Å². The number of aliphatic hydroxyl groups excluding tert-OH is 1. The number of aromatic amines is 1. The zero-order chi connectivity index (χ0) is 17.0. The molecule has 1 aromatic rings. The Morgan fingerprint density at radius 3 is 2.87 bits per heavy atom. The van der Waals surface area contributed by atoms with Gasteiger partial charge in [0.05, 0.1) is 12.2 Å². The second-order valence-electron chi connectivity index (χ2n) is 5.71. The molecule has 3 atom stereocenters. The van der Waals surface area contributed by atoms with Crippen molar-refractivity contribution in [3.63, 3.8) is 0 Å². The summed E-state index contributed by atoms with van der Waals surface area (Å²) in [5.41, 5.74) is -0.545. The third-order valence-electron chi connectivity index (χ3n) is 3.89. The van der Waals surface area contributed by atoms with Gasteiger partial charge in [-0.15, -0.1) is 0 Å². The van der Waals surface area contributed by atoms with Crippen LogP contribution in [0.3, 0.4) is 0 Å². The van der Waals surface area contributed by atoms with Crippen molar-refractivity contribution >= 4 is 5.78 Å². The van der Waals surface area contributed by atoms with Crippen molar-refractivity contribution in [1.29, 1.82) is 0 Å². The van der Waals surface area contributed by atoms with Crippen molar-refractivity contribution in [1.82, 2.24) is 9.55 Å². The average Bonchev–Trinajstić information content (AvgIpc) is 2.86. The van der Waals surface area contributed by atoms with Gasteiger partial charge in [0, 0.05) is 18.2 Å². The van der Waals surface area contributed by atoms with Crippen molar-refractivity contribution in [3.8, 4) is 0 Å². The molecule has 1 aromatic heterocycles. The summed E-state index contributed by atoms with van der Waals surface area (Å²) in [5.74, 6) is -0.0529. The molecule has 0 radical (unpaired) electrons. The van der Waals surface area contributed by atoms with E-state index < -0.39 is 23.6 Å². The van der Waals surface area contributed by atoms with Crippen LogP contribution in [0.15, 0.2) is 27.9 Å². The molecular weight excluding hydrogens is 300 g/mol. The van der Waals surface area contributed by atoms with Crippen LogP contribution in [0.1, 0.15) is 44.9 Å². The van der Waals surface area contributed by atoms with E-state index in [1.807, 2.05) is 6.92 Å². The zero-order valence-electron chi connectivity index (χ0n) is 13.3. The molecule has 2 heterocycles. The molecule has 23 heavy (non-hydrogen) atoms. The molecule has 7 nitrogen and oxygen atoms in total. The number of nitrogens with zero attached hydrogens (tertiary/aromatic N) is 1. The van der Waals surface area contributed by atoms with E-state index in [9.17, 15) is 19.5 Å². The van der Waals surface area contributed by atoms with E-state index in [4.69, 9.17) is 4.74 Å². The van der Waals surface area contributed by atoms with Crippen molar-refractivity contribution in [2.24, 2.45) is 0 Å². The van der Waals surface area contributed by atoms with E-state index in [1.165, 1.54) is 23.8 Å². The van der Waals surface area contributed by atoms with Gasteiger partial charge >= 0.3 is 5.69 Å². The highest BCUT2D eigenvalue weighted by atomic mass is 16.5. The Bertz CT molecular complexity index is 703. The number of aliphatic hydroxyl groups is 1. The second-order valence-corrected chi connectivity index (χ2v) is 5.71. The van der Waals surface area contributed by atoms with Gasteiger partial charge < -0.3 is 9.84 Å². The van der Waals surface area contributed by atoms with Crippen molar-refractivity contribution in [3.05, 3.63) is 44.8 Å². The summed E-state index contributed by atoms with van der Waals surface area (Å²) in [4.78, 5) is 37.0. The Morgan fingerprint density at radius 2 is 2.26 bits per heavy atom. The number of allylic oxidation sites excluding steroid dienone is 2. The van der Waals surface area contributed by atoms with E-state index in [1.54, 1.807) is 6.08 Å². The molecule has 2 rings (SSSR count). The third kappa shape index (κ3) is 4.27. The number of aryl methyl sites for hydroxylation is 1. The zero-order valence-corrected chi connectivity index (χ0v) is 13.3. The minimum atomic E-state index is -0.620. The van der Waals surface area contributed by atoms with Gasteiger partial charge in [0.1, 0.15) is 6.23 Å². The predicted octanol–water partition coefficient (Wildman–Crippen LogP) is 0.673. The number of aromatic nitrogens is 2. The minimum Gasteiger partial charge on any atom is -0.390 e. The number of carbonyl (C=O) groups is 1. The highest BCUT2D eigenvalue weighted by molar-refractivity contribution is 5.87. The number of ketones is 1. The Kier molecular flexibility index (Phi) is 5.68. The van der Waals surface area contributed by atoms with Gasteiger partial charge in [-0.3, -0.25) is 19.1 Å². The molecule has 1 fully saturated rings. The van der Waals surface area contributed by atoms with Crippen LogP contribution < -0.4 is 11.2 Å². The van der Waals surface area contributed by atoms with Crippen LogP contribution in [-0.2, 0) is 16.0 Å². The van der Waals surface area contributed by atoms with Gasteiger partial charge in [-0.05, 0) is 32.3 Å². The fourth-order valence-corrected chi connectivity index (χ4v) is 2.66. The van der Waals surface area contributed by atoms with E-state index in [2.05, 4.69) is 4.98 Å². The Balaban J connectivity index is 2.18. The summed E-state index contributed by atoms with van der Waals surface area (Å²) < 4.78 is 7.00. The molecule has 0 bridgehead atoms. The summed E-state index contributed by atoms with van der Waals surface area (Å²) >= 11 is 0. The molecule has 2 N–H and O–H groups in total.